The highest BCUT2D eigenvalue weighted by Crippen LogP contribution is 2.27. The first-order valence-electron chi connectivity index (χ1n) is 9.50. The zero-order valence-corrected chi connectivity index (χ0v) is 17.7. The number of H-pyrrole nitrogens is 1. The van der Waals surface area contributed by atoms with Gasteiger partial charge in [-0.3, -0.25) is 9.89 Å². The Morgan fingerprint density at radius 2 is 1.84 bits per heavy atom. The average Bonchev–Trinajstić information content (AvgIpc) is 3.10. The highest BCUT2D eigenvalue weighted by atomic mass is 35.5. The van der Waals surface area contributed by atoms with Crippen LogP contribution in [0, 0.1) is 0 Å². The fourth-order valence-electron chi connectivity index (χ4n) is 3.22. The van der Waals surface area contributed by atoms with Gasteiger partial charge in [0.1, 0.15) is 0 Å². The first kappa shape index (κ1) is 21.9. The third-order valence-electron chi connectivity index (χ3n) is 4.77. The van der Waals surface area contributed by atoms with Crippen LogP contribution in [0.2, 0.25) is 0 Å². The molecule has 6 nitrogen and oxygen atoms in total. The van der Waals surface area contributed by atoms with Crippen molar-refractivity contribution in [2.45, 2.75) is 6.42 Å². The highest BCUT2D eigenvalue weighted by Gasteiger charge is 2.15. The molecule has 2 heterocycles. The van der Waals surface area contributed by atoms with E-state index in [0.29, 0.717) is 29.2 Å². The van der Waals surface area contributed by atoms with E-state index in [1.54, 1.807) is 36.5 Å². The van der Waals surface area contributed by atoms with Gasteiger partial charge in [0.2, 0.25) is 0 Å². The van der Waals surface area contributed by atoms with Crippen molar-refractivity contribution in [3.05, 3.63) is 106 Å². The minimum absolute atomic E-state index is 0. The molecule has 158 valence electrons. The van der Waals surface area contributed by atoms with Crippen molar-refractivity contribution in [2.24, 2.45) is 0 Å². The smallest absolute Gasteiger partial charge is 0.276 e. The van der Waals surface area contributed by atoms with E-state index in [-0.39, 0.29) is 23.7 Å². The Balaban J connectivity index is 0.00000272. The number of nitrogens with zero attached hydrogens (tertiary/aromatic N) is 2. The number of ether oxygens (including phenoxy) is 1. The van der Waals surface area contributed by atoms with Crippen LogP contribution in [-0.2, 0) is 6.42 Å². The summed E-state index contributed by atoms with van der Waals surface area (Å²) >= 11 is 0. The number of aromatic nitrogens is 3. The standard InChI is InChI=1S/C24H21N3O3.ClH/c1-30-22-16-18(11-13-21(22)28)10-12-20-19(15-17-7-3-2-4-8-17)24(29)27(26-20)23-9-5-6-14-25-23;/h2-14,16,26,28H,15H2,1H3;1H/b12-10+;. The molecule has 2 N–H and O–H groups in total. The van der Waals surface area contributed by atoms with E-state index in [1.807, 2.05) is 48.6 Å². The topological polar surface area (TPSA) is 80.1 Å². The van der Waals surface area contributed by atoms with E-state index in [2.05, 4.69) is 10.1 Å². The SMILES string of the molecule is COc1cc(/C=C/c2[nH]n(-c3ccccn3)c(=O)c2Cc2ccccc2)ccc1O.Cl. The molecule has 0 saturated carbocycles. The lowest BCUT2D eigenvalue weighted by Crippen LogP contribution is -2.18. The van der Waals surface area contributed by atoms with Gasteiger partial charge in [-0.2, -0.15) is 0 Å². The predicted molar refractivity (Wildman–Crippen MR) is 124 cm³/mol. The number of methoxy groups -OCH3 is 1. The third kappa shape index (κ3) is 4.87. The lowest BCUT2D eigenvalue weighted by atomic mass is 10.0. The number of pyridine rings is 1. The van der Waals surface area contributed by atoms with Crippen LogP contribution in [0.5, 0.6) is 11.5 Å². The quantitative estimate of drug-likeness (QED) is 0.468. The molecule has 2 aromatic carbocycles. The normalized spacial score (nSPS) is 10.7. The number of phenolic OH excluding ortho intramolecular Hbond substituents is 1. The molecule has 0 aliphatic heterocycles. The monoisotopic (exact) mass is 435 g/mol. The van der Waals surface area contributed by atoms with Gasteiger partial charge in [-0.1, -0.05) is 48.5 Å². The van der Waals surface area contributed by atoms with Crippen LogP contribution in [0.4, 0.5) is 0 Å². The molecule has 0 aliphatic carbocycles. The molecular weight excluding hydrogens is 414 g/mol. The van der Waals surface area contributed by atoms with Gasteiger partial charge in [0.25, 0.3) is 5.56 Å². The second kappa shape index (κ2) is 9.82. The van der Waals surface area contributed by atoms with Gasteiger partial charge >= 0.3 is 0 Å². The van der Waals surface area contributed by atoms with Crippen molar-refractivity contribution in [3.8, 4) is 17.3 Å². The summed E-state index contributed by atoms with van der Waals surface area (Å²) in [4.78, 5) is 17.4. The van der Waals surface area contributed by atoms with Crippen LogP contribution in [0.3, 0.4) is 0 Å². The third-order valence-corrected chi connectivity index (χ3v) is 4.77. The van der Waals surface area contributed by atoms with Crippen molar-refractivity contribution in [1.29, 1.82) is 0 Å². The largest absolute Gasteiger partial charge is 0.504 e. The van der Waals surface area contributed by atoms with Gasteiger partial charge in [-0.05, 0) is 41.5 Å². The number of phenols is 1. The molecule has 0 bridgehead atoms. The van der Waals surface area contributed by atoms with E-state index in [4.69, 9.17) is 4.74 Å². The molecule has 0 fully saturated rings. The van der Waals surface area contributed by atoms with Gasteiger partial charge < -0.3 is 9.84 Å². The van der Waals surface area contributed by atoms with Crippen LogP contribution < -0.4 is 10.3 Å². The van der Waals surface area contributed by atoms with Gasteiger partial charge in [0.15, 0.2) is 17.3 Å². The molecule has 0 saturated heterocycles. The number of benzene rings is 2. The summed E-state index contributed by atoms with van der Waals surface area (Å²) in [5, 5.41) is 13.0. The minimum Gasteiger partial charge on any atom is -0.504 e. The summed E-state index contributed by atoms with van der Waals surface area (Å²) in [5.41, 5.74) is 3.08. The van der Waals surface area contributed by atoms with Crippen LogP contribution >= 0.6 is 12.4 Å². The molecular formula is C24H22ClN3O3. The summed E-state index contributed by atoms with van der Waals surface area (Å²) in [7, 11) is 1.50. The van der Waals surface area contributed by atoms with Crippen LogP contribution in [0.25, 0.3) is 18.0 Å². The first-order valence-corrected chi connectivity index (χ1v) is 9.50. The van der Waals surface area contributed by atoms with Crippen molar-refractivity contribution in [3.63, 3.8) is 0 Å². The van der Waals surface area contributed by atoms with Crippen molar-refractivity contribution in [1.82, 2.24) is 14.8 Å². The van der Waals surface area contributed by atoms with E-state index >= 15 is 0 Å². The average molecular weight is 436 g/mol. The highest BCUT2D eigenvalue weighted by molar-refractivity contribution is 5.85. The van der Waals surface area contributed by atoms with Crippen molar-refractivity contribution >= 4 is 24.6 Å². The second-order valence-corrected chi connectivity index (χ2v) is 6.76. The number of halogens is 1. The molecule has 7 heteroatoms. The second-order valence-electron chi connectivity index (χ2n) is 6.76. The minimum atomic E-state index is -0.138. The van der Waals surface area contributed by atoms with E-state index in [9.17, 15) is 9.90 Å². The summed E-state index contributed by atoms with van der Waals surface area (Å²) in [6.45, 7) is 0. The van der Waals surface area contributed by atoms with Gasteiger partial charge in [-0.15, -0.1) is 12.4 Å². The Hall–Kier alpha value is -3.77. The predicted octanol–water partition coefficient (Wildman–Crippen LogP) is 4.46. The van der Waals surface area contributed by atoms with Crippen molar-refractivity contribution in [2.75, 3.05) is 7.11 Å². The Bertz CT molecular complexity index is 1230. The number of nitrogens with one attached hydrogen (secondary N) is 1. The fourth-order valence-corrected chi connectivity index (χ4v) is 3.22. The Morgan fingerprint density at radius 1 is 1.06 bits per heavy atom. The van der Waals surface area contributed by atoms with Crippen LogP contribution in [0.15, 0.2) is 77.7 Å². The summed E-state index contributed by atoms with van der Waals surface area (Å²) in [5.74, 6) is 0.998. The van der Waals surface area contributed by atoms with E-state index in [1.165, 1.54) is 11.8 Å². The zero-order chi connectivity index (χ0) is 20.9. The lowest BCUT2D eigenvalue weighted by Gasteiger charge is -2.03. The first-order chi connectivity index (χ1) is 14.7. The Morgan fingerprint density at radius 3 is 2.55 bits per heavy atom. The number of aromatic amines is 1. The molecule has 0 amide bonds. The maximum atomic E-state index is 13.2. The van der Waals surface area contributed by atoms with Crippen molar-refractivity contribution < 1.29 is 9.84 Å². The van der Waals surface area contributed by atoms with Gasteiger partial charge in [0, 0.05) is 18.2 Å². The molecule has 0 radical (unpaired) electrons. The summed E-state index contributed by atoms with van der Waals surface area (Å²) < 4.78 is 6.62. The summed E-state index contributed by atoms with van der Waals surface area (Å²) in [6.07, 6.45) is 5.86. The number of rotatable bonds is 6. The lowest BCUT2D eigenvalue weighted by molar-refractivity contribution is 0.373. The maximum absolute atomic E-state index is 13.2. The molecule has 0 spiro atoms. The van der Waals surface area contributed by atoms with Gasteiger partial charge in [0.05, 0.1) is 12.8 Å². The Kier molecular flexibility index (Phi) is 6.95. The van der Waals surface area contributed by atoms with Crippen LogP contribution in [0.1, 0.15) is 22.4 Å². The number of hydrogen-bond donors (Lipinski definition) is 2. The molecule has 4 aromatic rings. The molecule has 2 aromatic heterocycles. The zero-order valence-electron chi connectivity index (χ0n) is 16.9. The maximum Gasteiger partial charge on any atom is 0.276 e. The number of hydrogen-bond acceptors (Lipinski definition) is 4. The molecule has 4 rings (SSSR count). The van der Waals surface area contributed by atoms with E-state index in [0.717, 1.165) is 11.1 Å². The molecule has 31 heavy (non-hydrogen) atoms. The molecule has 0 aliphatic rings. The number of aromatic hydroxyl groups is 1. The Labute approximate surface area is 185 Å². The van der Waals surface area contributed by atoms with Crippen LogP contribution in [-0.4, -0.2) is 27.0 Å². The summed E-state index contributed by atoms with van der Waals surface area (Å²) in [6, 6.07) is 20.4. The van der Waals surface area contributed by atoms with Gasteiger partial charge in [-0.25, -0.2) is 9.67 Å². The van der Waals surface area contributed by atoms with E-state index < -0.39 is 0 Å². The fraction of sp³-hybridized carbons (Fsp3) is 0.0833. The molecule has 0 unspecified atom stereocenters. The molecule has 0 atom stereocenters.